The molecule has 3 aromatic rings. The zero-order valence-corrected chi connectivity index (χ0v) is 18.2. The summed E-state index contributed by atoms with van der Waals surface area (Å²) in [5.74, 6) is 2.72. The van der Waals surface area contributed by atoms with Crippen LogP contribution in [-0.4, -0.2) is 45.1 Å². The van der Waals surface area contributed by atoms with Crippen molar-refractivity contribution in [3.8, 4) is 11.4 Å². The highest BCUT2D eigenvalue weighted by Gasteiger charge is 2.17. The van der Waals surface area contributed by atoms with Gasteiger partial charge in [-0.1, -0.05) is 48.2 Å². The molecule has 1 aromatic heterocycles. The van der Waals surface area contributed by atoms with Gasteiger partial charge in [0, 0.05) is 18.0 Å². The molecule has 0 spiro atoms. The normalized spacial score (nSPS) is 14.0. The van der Waals surface area contributed by atoms with Gasteiger partial charge in [0.1, 0.15) is 12.4 Å². The molecule has 0 aliphatic carbocycles. The first-order valence-electron chi connectivity index (χ1n) is 9.84. The average Bonchev–Trinajstić information content (AvgIpc) is 3.38. The van der Waals surface area contributed by atoms with E-state index in [-0.39, 0.29) is 12.4 Å². The highest BCUT2D eigenvalue weighted by molar-refractivity contribution is 7.99. The summed E-state index contributed by atoms with van der Waals surface area (Å²) >= 11 is 1.77. The molecule has 4 rings (SSSR count). The zero-order valence-electron chi connectivity index (χ0n) is 16.6. The van der Waals surface area contributed by atoms with Gasteiger partial charge >= 0.3 is 0 Å². The van der Waals surface area contributed by atoms with Gasteiger partial charge in [0.25, 0.3) is 0 Å². The Morgan fingerprint density at radius 2 is 1.69 bits per heavy atom. The lowest BCUT2D eigenvalue weighted by Crippen LogP contribution is -3.00. The fourth-order valence-electron chi connectivity index (χ4n) is 3.46. The summed E-state index contributed by atoms with van der Waals surface area (Å²) in [7, 11) is 0. The SMILES string of the molecule is Cc1ccccc1OCc1nnc(SCCN2CCCC2)n1-c1ccccc1.[Cl-]. The molecule has 1 aliphatic rings. The molecule has 1 fully saturated rings. The number of aromatic nitrogens is 3. The summed E-state index contributed by atoms with van der Waals surface area (Å²) in [6.45, 7) is 5.99. The van der Waals surface area contributed by atoms with Crippen LogP contribution in [0, 0.1) is 6.92 Å². The van der Waals surface area contributed by atoms with Gasteiger partial charge in [0.15, 0.2) is 11.0 Å². The minimum absolute atomic E-state index is 0. The van der Waals surface area contributed by atoms with E-state index in [0.29, 0.717) is 6.61 Å². The van der Waals surface area contributed by atoms with Gasteiger partial charge in [0.2, 0.25) is 0 Å². The van der Waals surface area contributed by atoms with Crippen LogP contribution in [0.4, 0.5) is 0 Å². The first-order valence-corrected chi connectivity index (χ1v) is 10.8. The van der Waals surface area contributed by atoms with Gasteiger partial charge in [-0.15, -0.1) is 10.2 Å². The fraction of sp³-hybridized carbons (Fsp3) is 0.364. The molecule has 1 saturated heterocycles. The number of hydrogen-bond acceptors (Lipinski definition) is 5. The number of nitrogens with zero attached hydrogens (tertiary/aromatic N) is 4. The van der Waals surface area contributed by atoms with E-state index < -0.39 is 0 Å². The molecular formula is C22H26ClN4OS-. The summed E-state index contributed by atoms with van der Waals surface area (Å²) in [5.41, 5.74) is 2.19. The van der Waals surface area contributed by atoms with Crippen molar-refractivity contribution in [2.45, 2.75) is 31.5 Å². The number of aryl methyl sites for hydroxylation is 1. The van der Waals surface area contributed by atoms with Crippen LogP contribution in [0.1, 0.15) is 24.2 Å². The Morgan fingerprint density at radius 1 is 0.966 bits per heavy atom. The van der Waals surface area contributed by atoms with E-state index in [4.69, 9.17) is 4.74 Å². The molecule has 0 bridgehead atoms. The van der Waals surface area contributed by atoms with Gasteiger partial charge in [-0.2, -0.15) is 0 Å². The summed E-state index contributed by atoms with van der Waals surface area (Å²) in [5, 5.41) is 9.83. The van der Waals surface area contributed by atoms with Gasteiger partial charge in [0.05, 0.1) is 0 Å². The fourth-order valence-corrected chi connectivity index (χ4v) is 4.43. The monoisotopic (exact) mass is 429 g/mol. The summed E-state index contributed by atoms with van der Waals surface area (Å²) in [6, 6.07) is 18.3. The molecule has 0 N–H and O–H groups in total. The number of likely N-dealkylation sites (tertiary alicyclic amines) is 1. The number of thioether (sulfide) groups is 1. The van der Waals surface area contributed by atoms with Crippen LogP contribution in [0.15, 0.2) is 59.8 Å². The molecule has 0 atom stereocenters. The molecule has 1 aliphatic heterocycles. The lowest BCUT2D eigenvalue weighted by Gasteiger charge is -2.14. The molecule has 0 unspecified atom stereocenters. The molecule has 0 radical (unpaired) electrons. The van der Waals surface area contributed by atoms with Crippen molar-refractivity contribution in [2.75, 3.05) is 25.4 Å². The van der Waals surface area contributed by atoms with Crippen LogP contribution in [-0.2, 0) is 6.61 Å². The number of benzene rings is 2. The van der Waals surface area contributed by atoms with Crippen LogP contribution in [0.3, 0.4) is 0 Å². The van der Waals surface area contributed by atoms with Crippen LogP contribution < -0.4 is 17.1 Å². The third kappa shape index (κ3) is 5.53. The van der Waals surface area contributed by atoms with Crippen LogP contribution >= 0.6 is 11.8 Å². The van der Waals surface area contributed by atoms with Crippen molar-refractivity contribution < 1.29 is 17.1 Å². The number of ether oxygens (including phenoxy) is 1. The Kier molecular flexibility index (Phi) is 7.98. The number of halogens is 1. The Hall–Kier alpha value is -2.02. The Bertz CT molecular complexity index is 897. The summed E-state index contributed by atoms with van der Waals surface area (Å²) < 4.78 is 8.16. The largest absolute Gasteiger partial charge is 1.00 e. The first-order chi connectivity index (χ1) is 13.8. The molecule has 7 heteroatoms. The predicted octanol–water partition coefficient (Wildman–Crippen LogP) is 1.35. The maximum atomic E-state index is 6.04. The second-order valence-corrected chi connectivity index (χ2v) is 8.08. The predicted molar refractivity (Wildman–Crippen MR) is 113 cm³/mol. The van der Waals surface area contributed by atoms with Crippen LogP contribution in [0.25, 0.3) is 5.69 Å². The van der Waals surface area contributed by atoms with E-state index in [2.05, 4.69) is 44.8 Å². The molecular weight excluding hydrogens is 404 g/mol. The molecule has 0 saturated carbocycles. The molecule has 2 heterocycles. The van der Waals surface area contributed by atoms with Gasteiger partial charge < -0.3 is 22.0 Å². The molecule has 2 aromatic carbocycles. The highest BCUT2D eigenvalue weighted by atomic mass is 35.5. The standard InChI is InChI=1S/C22H26N4OS.ClH/c1-18-9-5-6-12-20(18)27-17-21-23-24-22(26(21)19-10-3-2-4-11-19)28-16-15-25-13-7-8-14-25;/h2-6,9-12H,7-8,13-17H2,1H3;1H/p-1. The quantitative estimate of drug-likeness (QED) is 0.506. The Morgan fingerprint density at radius 3 is 2.45 bits per heavy atom. The van der Waals surface area contributed by atoms with Crippen LogP contribution in [0.2, 0.25) is 0 Å². The lowest BCUT2D eigenvalue weighted by molar-refractivity contribution is -0.00000610. The van der Waals surface area contributed by atoms with Crippen molar-refractivity contribution in [2.24, 2.45) is 0 Å². The molecule has 5 nitrogen and oxygen atoms in total. The topological polar surface area (TPSA) is 43.2 Å². The third-order valence-corrected chi connectivity index (χ3v) is 5.91. The third-order valence-electron chi connectivity index (χ3n) is 5.00. The summed E-state index contributed by atoms with van der Waals surface area (Å²) in [4.78, 5) is 2.53. The first kappa shape index (κ1) is 21.7. The minimum Gasteiger partial charge on any atom is -1.00 e. The molecule has 0 amide bonds. The maximum absolute atomic E-state index is 6.04. The maximum Gasteiger partial charge on any atom is 0.195 e. The minimum atomic E-state index is 0. The van der Waals surface area contributed by atoms with Crippen molar-refractivity contribution >= 4 is 11.8 Å². The Balaban J connectivity index is 0.00000240. The van der Waals surface area contributed by atoms with E-state index in [9.17, 15) is 0 Å². The average molecular weight is 430 g/mol. The van der Waals surface area contributed by atoms with E-state index in [1.165, 1.54) is 25.9 Å². The second kappa shape index (κ2) is 10.7. The van der Waals surface area contributed by atoms with E-state index in [0.717, 1.165) is 40.3 Å². The Labute approximate surface area is 182 Å². The number of rotatable bonds is 8. The smallest absolute Gasteiger partial charge is 0.195 e. The molecule has 29 heavy (non-hydrogen) atoms. The van der Waals surface area contributed by atoms with Crippen molar-refractivity contribution in [1.29, 1.82) is 0 Å². The molecule has 154 valence electrons. The van der Waals surface area contributed by atoms with Crippen molar-refractivity contribution in [1.82, 2.24) is 19.7 Å². The lowest BCUT2D eigenvalue weighted by atomic mass is 10.2. The van der Waals surface area contributed by atoms with Crippen molar-refractivity contribution in [3.05, 3.63) is 66.0 Å². The second-order valence-electron chi connectivity index (χ2n) is 7.02. The summed E-state index contributed by atoms with van der Waals surface area (Å²) in [6.07, 6.45) is 2.65. The van der Waals surface area contributed by atoms with Gasteiger partial charge in [-0.05, 0) is 56.6 Å². The van der Waals surface area contributed by atoms with Gasteiger partial charge in [-0.25, -0.2) is 0 Å². The van der Waals surface area contributed by atoms with E-state index in [1.807, 2.05) is 36.4 Å². The number of hydrogen-bond donors (Lipinski definition) is 0. The zero-order chi connectivity index (χ0) is 19.2. The van der Waals surface area contributed by atoms with E-state index >= 15 is 0 Å². The number of para-hydroxylation sites is 2. The van der Waals surface area contributed by atoms with E-state index in [1.54, 1.807) is 11.8 Å². The van der Waals surface area contributed by atoms with Crippen LogP contribution in [0.5, 0.6) is 5.75 Å². The van der Waals surface area contributed by atoms with Gasteiger partial charge in [-0.3, -0.25) is 4.57 Å². The highest BCUT2D eigenvalue weighted by Crippen LogP contribution is 2.24. The van der Waals surface area contributed by atoms with Crippen molar-refractivity contribution in [3.63, 3.8) is 0 Å².